The number of thiophene rings is 1. The van der Waals surface area contributed by atoms with E-state index in [9.17, 15) is 0 Å². The van der Waals surface area contributed by atoms with Gasteiger partial charge in [-0.2, -0.15) is 11.3 Å². The average molecular weight is 261 g/mol. The lowest BCUT2D eigenvalue weighted by Gasteiger charge is -2.07. The molecule has 5 heteroatoms. The van der Waals surface area contributed by atoms with Crippen LogP contribution in [0, 0.1) is 6.92 Å². The number of thiazole rings is 1. The lowest BCUT2D eigenvalue weighted by Crippen LogP contribution is -1.95. The van der Waals surface area contributed by atoms with Gasteiger partial charge in [0.2, 0.25) is 0 Å². The van der Waals surface area contributed by atoms with E-state index < -0.39 is 0 Å². The summed E-state index contributed by atoms with van der Waals surface area (Å²) in [7, 11) is 0. The van der Waals surface area contributed by atoms with Crippen molar-refractivity contribution in [1.29, 1.82) is 0 Å². The number of nitrogens with two attached hydrogens (primary N) is 1. The molecule has 0 aliphatic carbocycles. The maximum atomic E-state index is 6.03. The van der Waals surface area contributed by atoms with Crippen molar-refractivity contribution < 1.29 is 0 Å². The number of benzene rings is 1. The molecular weight excluding hydrogens is 250 g/mol. The molecule has 17 heavy (non-hydrogen) atoms. The lowest BCUT2D eigenvalue weighted by molar-refractivity contribution is 1.35. The van der Waals surface area contributed by atoms with Gasteiger partial charge in [0.15, 0.2) is 0 Å². The summed E-state index contributed by atoms with van der Waals surface area (Å²) < 4.78 is 1.14. The van der Waals surface area contributed by atoms with Crippen LogP contribution in [0.25, 0.3) is 10.2 Å². The van der Waals surface area contributed by atoms with E-state index >= 15 is 0 Å². The van der Waals surface area contributed by atoms with Crippen molar-refractivity contribution in [1.82, 2.24) is 4.98 Å². The maximum absolute atomic E-state index is 6.03. The second kappa shape index (κ2) is 4.01. The normalized spacial score (nSPS) is 10.9. The molecule has 3 aromatic rings. The van der Waals surface area contributed by atoms with Crippen molar-refractivity contribution in [3.05, 3.63) is 34.0 Å². The van der Waals surface area contributed by atoms with Crippen LogP contribution in [-0.4, -0.2) is 4.98 Å². The van der Waals surface area contributed by atoms with E-state index in [-0.39, 0.29) is 0 Å². The van der Waals surface area contributed by atoms with Gasteiger partial charge in [0.1, 0.15) is 0 Å². The van der Waals surface area contributed by atoms with Crippen LogP contribution in [0.1, 0.15) is 5.01 Å². The van der Waals surface area contributed by atoms with Crippen LogP contribution in [0.4, 0.5) is 17.1 Å². The Morgan fingerprint density at radius 1 is 1.35 bits per heavy atom. The van der Waals surface area contributed by atoms with Gasteiger partial charge in [-0.3, -0.25) is 0 Å². The van der Waals surface area contributed by atoms with Crippen molar-refractivity contribution in [2.75, 3.05) is 11.1 Å². The molecule has 0 amide bonds. The number of aryl methyl sites for hydroxylation is 1. The molecule has 2 heterocycles. The number of rotatable bonds is 2. The first-order chi connectivity index (χ1) is 8.22. The number of fused-ring (bicyclic) bond motifs is 1. The smallest absolute Gasteiger partial charge is 0.0907 e. The predicted octanol–water partition coefficient (Wildman–Crippen LogP) is 3.99. The summed E-state index contributed by atoms with van der Waals surface area (Å²) in [5.41, 5.74) is 9.77. The molecule has 0 saturated heterocycles. The highest BCUT2D eigenvalue weighted by Gasteiger charge is 2.06. The van der Waals surface area contributed by atoms with Gasteiger partial charge >= 0.3 is 0 Å². The first kappa shape index (κ1) is 10.6. The summed E-state index contributed by atoms with van der Waals surface area (Å²) in [5, 5.41) is 8.45. The van der Waals surface area contributed by atoms with Crippen molar-refractivity contribution in [2.45, 2.75) is 6.92 Å². The quantitative estimate of drug-likeness (QED) is 0.686. The van der Waals surface area contributed by atoms with Gasteiger partial charge in [-0.05, 0) is 30.5 Å². The molecule has 3 rings (SSSR count). The van der Waals surface area contributed by atoms with Crippen LogP contribution in [0.5, 0.6) is 0 Å². The van der Waals surface area contributed by atoms with Crippen LogP contribution in [0.15, 0.2) is 29.0 Å². The van der Waals surface area contributed by atoms with Gasteiger partial charge in [0, 0.05) is 11.1 Å². The molecule has 0 saturated carbocycles. The first-order valence-corrected chi connectivity index (χ1v) is 6.94. The van der Waals surface area contributed by atoms with Crippen LogP contribution < -0.4 is 11.1 Å². The Hall–Kier alpha value is -1.59. The van der Waals surface area contributed by atoms with Gasteiger partial charge in [-0.15, -0.1) is 11.3 Å². The summed E-state index contributed by atoms with van der Waals surface area (Å²) in [6.07, 6.45) is 0. The minimum Gasteiger partial charge on any atom is -0.397 e. The van der Waals surface area contributed by atoms with Gasteiger partial charge in [0.05, 0.1) is 26.6 Å². The fraction of sp³-hybridized carbons (Fsp3) is 0.0833. The average Bonchev–Trinajstić information content (AvgIpc) is 2.87. The summed E-state index contributed by atoms with van der Waals surface area (Å²) in [5.74, 6) is 0. The van der Waals surface area contributed by atoms with Crippen LogP contribution in [0.2, 0.25) is 0 Å². The fourth-order valence-electron chi connectivity index (χ4n) is 1.70. The Balaban J connectivity index is 2.06. The van der Waals surface area contributed by atoms with Gasteiger partial charge in [-0.25, -0.2) is 4.98 Å². The topological polar surface area (TPSA) is 50.9 Å². The summed E-state index contributed by atoms with van der Waals surface area (Å²) in [4.78, 5) is 4.47. The van der Waals surface area contributed by atoms with Gasteiger partial charge in [0.25, 0.3) is 0 Å². The Morgan fingerprint density at radius 2 is 2.24 bits per heavy atom. The van der Waals surface area contributed by atoms with E-state index in [1.54, 1.807) is 22.7 Å². The van der Waals surface area contributed by atoms with E-state index in [1.807, 2.05) is 30.5 Å². The number of anilines is 3. The summed E-state index contributed by atoms with van der Waals surface area (Å²) >= 11 is 3.32. The van der Waals surface area contributed by atoms with E-state index in [0.29, 0.717) is 0 Å². The minimum atomic E-state index is 0.757. The monoisotopic (exact) mass is 261 g/mol. The largest absolute Gasteiger partial charge is 0.397 e. The predicted molar refractivity (Wildman–Crippen MR) is 76.4 cm³/mol. The standard InChI is InChI=1S/C12H11N3S2/c1-7-14-11-5-10(9(13)4-12(11)17-7)15-8-2-3-16-6-8/h2-6,15H,13H2,1H3. The van der Waals surface area contributed by atoms with E-state index in [1.165, 1.54) is 0 Å². The molecular formula is C12H11N3S2. The highest BCUT2D eigenvalue weighted by Crippen LogP contribution is 2.31. The van der Waals surface area contributed by atoms with Crippen molar-refractivity contribution in [3.8, 4) is 0 Å². The number of nitrogens with zero attached hydrogens (tertiary/aromatic N) is 1. The molecule has 0 bridgehead atoms. The second-order valence-corrected chi connectivity index (χ2v) is 5.79. The molecule has 0 fully saturated rings. The van der Waals surface area contributed by atoms with Gasteiger partial charge < -0.3 is 11.1 Å². The molecule has 0 aliphatic heterocycles. The Kier molecular flexibility index (Phi) is 2.49. The number of aromatic nitrogens is 1. The molecule has 3 nitrogen and oxygen atoms in total. The number of hydrogen-bond acceptors (Lipinski definition) is 5. The van der Waals surface area contributed by atoms with E-state index in [0.717, 1.165) is 32.3 Å². The SMILES string of the molecule is Cc1nc2cc(Nc3ccsc3)c(N)cc2s1. The molecule has 0 atom stereocenters. The van der Waals surface area contributed by atoms with Crippen LogP contribution in [0.3, 0.4) is 0 Å². The number of nitrogens with one attached hydrogen (secondary N) is 1. The Labute approximate surface area is 107 Å². The third-order valence-electron chi connectivity index (χ3n) is 2.47. The van der Waals surface area contributed by atoms with Crippen molar-refractivity contribution in [3.63, 3.8) is 0 Å². The molecule has 2 aromatic heterocycles. The van der Waals surface area contributed by atoms with Gasteiger partial charge in [-0.1, -0.05) is 0 Å². The van der Waals surface area contributed by atoms with Crippen molar-refractivity contribution in [2.24, 2.45) is 0 Å². The van der Waals surface area contributed by atoms with Crippen LogP contribution >= 0.6 is 22.7 Å². The maximum Gasteiger partial charge on any atom is 0.0907 e. The summed E-state index contributed by atoms with van der Waals surface area (Å²) in [6.45, 7) is 2.01. The Bertz CT molecular complexity index is 656. The first-order valence-electron chi connectivity index (χ1n) is 5.18. The highest BCUT2D eigenvalue weighted by atomic mass is 32.1. The lowest BCUT2D eigenvalue weighted by atomic mass is 10.2. The zero-order valence-electron chi connectivity index (χ0n) is 9.23. The highest BCUT2D eigenvalue weighted by molar-refractivity contribution is 7.18. The molecule has 0 aliphatic rings. The van der Waals surface area contributed by atoms with Crippen molar-refractivity contribution >= 4 is 50.0 Å². The number of nitrogen functional groups attached to an aromatic ring is 1. The zero-order valence-corrected chi connectivity index (χ0v) is 10.9. The molecule has 86 valence electrons. The third kappa shape index (κ3) is 1.99. The second-order valence-electron chi connectivity index (χ2n) is 3.78. The van der Waals surface area contributed by atoms with Crippen LogP contribution in [-0.2, 0) is 0 Å². The third-order valence-corrected chi connectivity index (χ3v) is 4.08. The molecule has 1 aromatic carbocycles. The van der Waals surface area contributed by atoms with E-state index in [2.05, 4.69) is 15.7 Å². The number of hydrogen-bond donors (Lipinski definition) is 2. The molecule has 0 spiro atoms. The summed E-state index contributed by atoms with van der Waals surface area (Å²) in [6, 6.07) is 6.02. The fourth-order valence-corrected chi connectivity index (χ4v) is 3.15. The molecule has 0 radical (unpaired) electrons. The Morgan fingerprint density at radius 3 is 3.00 bits per heavy atom. The molecule has 3 N–H and O–H groups in total. The molecule has 0 unspecified atom stereocenters. The zero-order chi connectivity index (χ0) is 11.8. The van der Waals surface area contributed by atoms with E-state index in [4.69, 9.17) is 5.73 Å². The minimum absolute atomic E-state index is 0.757.